The minimum Gasteiger partial charge on any atom is -0.315 e. The molecule has 0 spiro atoms. The van der Waals surface area contributed by atoms with Gasteiger partial charge in [-0.3, -0.25) is 0 Å². The van der Waals surface area contributed by atoms with Crippen LogP contribution in [0.4, 0.5) is 8.78 Å². The van der Waals surface area contributed by atoms with Crippen LogP contribution in [0.5, 0.6) is 0 Å². The average molecular weight is 311 g/mol. The number of rotatable bonds is 6. The lowest BCUT2D eigenvalue weighted by Crippen LogP contribution is -2.23. The summed E-state index contributed by atoms with van der Waals surface area (Å²) in [4.78, 5) is 0. The molecule has 1 heterocycles. The largest absolute Gasteiger partial charge is 0.315 e. The molecule has 0 fully saturated rings. The molecule has 0 aliphatic carbocycles. The van der Waals surface area contributed by atoms with Crippen molar-refractivity contribution in [3.63, 3.8) is 0 Å². The van der Waals surface area contributed by atoms with Gasteiger partial charge < -0.3 is 5.32 Å². The monoisotopic (exact) mass is 311 g/mol. The highest BCUT2D eigenvalue weighted by Crippen LogP contribution is 2.28. The number of halogens is 2. The summed E-state index contributed by atoms with van der Waals surface area (Å²) in [5, 5.41) is 12.8. The van der Waals surface area contributed by atoms with Crippen LogP contribution >= 0.6 is 11.3 Å². The van der Waals surface area contributed by atoms with Gasteiger partial charge in [-0.15, -0.1) is 10.2 Å². The summed E-state index contributed by atoms with van der Waals surface area (Å²) in [6.45, 7) is 6.72. The van der Waals surface area contributed by atoms with Crippen molar-refractivity contribution in [2.24, 2.45) is 0 Å². The van der Waals surface area contributed by atoms with Crippen LogP contribution < -0.4 is 5.32 Å². The molecule has 0 amide bonds. The van der Waals surface area contributed by atoms with E-state index in [0.29, 0.717) is 22.2 Å². The van der Waals surface area contributed by atoms with Crippen LogP contribution in [0.3, 0.4) is 0 Å². The van der Waals surface area contributed by atoms with Gasteiger partial charge in [0, 0.05) is 24.1 Å². The molecule has 0 atom stereocenters. The van der Waals surface area contributed by atoms with E-state index in [4.69, 9.17) is 0 Å². The molecule has 0 saturated carbocycles. The second kappa shape index (κ2) is 7.04. The van der Waals surface area contributed by atoms with Gasteiger partial charge in [0.05, 0.1) is 0 Å². The first-order valence-electron chi connectivity index (χ1n) is 6.99. The molecular formula is C15H19F2N3S. The first-order chi connectivity index (χ1) is 9.97. The summed E-state index contributed by atoms with van der Waals surface area (Å²) in [6, 6.07) is 2.85. The zero-order valence-electron chi connectivity index (χ0n) is 12.4. The fraction of sp³-hybridized carbons (Fsp3) is 0.467. The smallest absolute Gasteiger partial charge is 0.150 e. The van der Waals surface area contributed by atoms with Crippen LogP contribution in [0.15, 0.2) is 12.1 Å². The van der Waals surface area contributed by atoms with Gasteiger partial charge in [0.2, 0.25) is 0 Å². The Balaban J connectivity index is 2.04. The number of hydrogen-bond acceptors (Lipinski definition) is 4. The third-order valence-electron chi connectivity index (χ3n) is 3.07. The highest BCUT2D eigenvalue weighted by molar-refractivity contribution is 7.14. The number of nitrogens with one attached hydrogen (secondary N) is 1. The molecule has 1 aromatic heterocycles. The predicted octanol–water partition coefficient (Wildman–Crippen LogP) is 3.72. The molecular weight excluding hydrogens is 292 g/mol. The van der Waals surface area contributed by atoms with Crippen molar-refractivity contribution in [1.82, 2.24) is 15.5 Å². The van der Waals surface area contributed by atoms with Crippen molar-refractivity contribution in [3.8, 4) is 10.6 Å². The molecule has 6 heteroatoms. The summed E-state index contributed by atoms with van der Waals surface area (Å²) < 4.78 is 27.1. The quantitative estimate of drug-likeness (QED) is 0.826. The standard InChI is InChI=1S/C15H19F2N3S/c1-9(2)18-6-4-5-14-19-20-15(21-14)11-7-10(3)12(16)8-13(11)17/h7-9,18H,4-6H2,1-3H3. The van der Waals surface area contributed by atoms with Crippen molar-refractivity contribution in [3.05, 3.63) is 34.3 Å². The van der Waals surface area contributed by atoms with Crippen LogP contribution in [0.2, 0.25) is 0 Å². The topological polar surface area (TPSA) is 37.8 Å². The maximum Gasteiger partial charge on any atom is 0.150 e. The van der Waals surface area contributed by atoms with E-state index in [-0.39, 0.29) is 0 Å². The second-order valence-corrected chi connectivity index (χ2v) is 6.36. The number of benzene rings is 1. The zero-order valence-corrected chi connectivity index (χ0v) is 13.2. The molecule has 1 N–H and O–H groups in total. The lowest BCUT2D eigenvalue weighted by atomic mass is 10.1. The van der Waals surface area contributed by atoms with Crippen LogP contribution in [0.25, 0.3) is 10.6 Å². The third kappa shape index (κ3) is 4.28. The van der Waals surface area contributed by atoms with Gasteiger partial charge in [0.15, 0.2) is 5.01 Å². The maximum absolute atomic E-state index is 13.8. The lowest BCUT2D eigenvalue weighted by Gasteiger charge is -2.05. The Morgan fingerprint density at radius 2 is 1.95 bits per heavy atom. The minimum atomic E-state index is -0.595. The number of nitrogens with zero attached hydrogens (tertiary/aromatic N) is 2. The Labute approximate surface area is 127 Å². The zero-order chi connectivity index (χ0) is 15.4. The fourth-order valence-corrected chi connectivity index (χ4v) is 2.81. The van der Waals surface area contributed by atoms with Crippen LogP contribution in [-0.4, -0.2) is 22.8 Å². The van der Waals surface area contributed by atoms with E-state index in [9.17, 15) is 8.78 Å². The van der Waals surface area contributed by atoms with Crippen LogP contribution in [-0.2, 0) is 6.42 Å². The Kier molecular flexibility index (Phi) is 5.36. The van der Waals surface area contributed by atoms with E-state index in [1.807, 2.05) is 0 Å². The van der Waals surface area contributed by atoms with Crippen molar-refractivity contribution >= 4 is 11.3 Å². The normalized spacial score (nSPS) is 11.3. The molecule has 0 radical (unpaired) electrons. The molecule has 3 nitrogen and oxygen atoms in total. The van der Waals surface area contributed by atoms with Gasteiger partial charge in [-0.1, -0.05) is 25.2 Å². The van der Waals surface area contributed by atoms with E-state index in [0.717, 1.165) is 30.5 Å². The van der Waals surface area contributed by atoms with E-state index in [1.165, 1.54) is 17.4 Å². The Morgan fingerprint density at radius 1 is 1.19 bits per heavy atom. The summed E-state index contributed by atoms with van der Waals surface area (Å²) in [6.07, 6.45) is 1.76. The SMILES string of the molecule is Cc1cc(-c2nnc(CCCNC(C)C)s2)c(F)cc1F. The second-order valence-electron chi connectivity index (χ2n) is 5.29. The highest BCUT2D eigenvalue weighted by Gasteiger charge is 2.13. The van der Waals surface area contributed by atoms with Gasteiger partial charge in [0.1, 0.15) is 16.6 Å². The van der Waals surface area contributed by atoms with Crippen LogP contribution in [0.1, 0.15) is 30.8 Å². The Hall–Kier alpha value is -1.40. The van der Waals surface area contributed by atoms with Gasteiger partial charge >= 0.3 is 0 Å². The van der Waals surface area contributed by atoms with Crippen molar-refractivity contribution in [1.29, 1.82) is 0 Å². The van der Waals surface area contributed by atoms with E-state index in [1.54, 1.807) is 6.92 Å². The number of aryl methyl sites for hydroxylation is 2. The molecule has 1 aromatic carbocycles. The molecule has 114 valence electrons. The number of hydrogen-bond donors (Lipinski definition) is 1. The number of aromatic nitrogens is 2. The summed E-state index contributed by atoms with van der Waals surface area (Å²) in [5.41, 5.74) is 0.724. The molecule has 0 saturated heterocycles. The predicted molar refractivity (Wildman–Crippen MR) is 81.5 cm³/mol. The molecule has 21 heavy (non-hydrogen) atoms. The van der Waals surface area contributed by atoms with Crippen LogP contribution in [0, 0.1) is 18.6 Å². The Morgan fingerprint density at radius 3 is 2.67 bits per heavy atom. The molecule has 2 rings (SSSR count). The fourth-order valence-electron chi connectivity index (χ4n) is 1.91. The Bertz CT molecular complexity index is 611. The summed E-state index contributed by atoms with van der Waals surface area (Å²) in [5.74, 6) is -1.14. The van der Waals surface area contributed by atoms with Crippen molar-refractivity contribution < 1.29 is 8.78 Å². The maximum atomic E-state index is 13.8. The third-order valence-corrected chi connectivity index (χ3v) is 4.08. The first kappa shape index (κ1) is 16.0. The molecule has 2 aromatic rings. The molecule has 0 bridgehead atoms. The molecule has 0 unspecified atom stereocenters. The average Bonchev–Trinajstić information content (AvgIpc) is 2.87. The van der Waals surface area contributed by atoms with Gasteiger partial charge in [-0.25, -0.2) is 8.78 Å². The summed E-state index contributed by atoms with van der Waals surface area (Å²) in [7, 11) is 0. The lowest BCUT2D eigenvalue weighted by molar-refractivity contribution is 0.569. The highest BCUT2D eigenvalue weighted by atomic mass is 32.1. The van der Waals surface area contributed by atoms with Gasteiger partial charge in [-0.05, 0) is 31.5 Å². The first-order valence-corrected chi connectivity index (χ1v) is 7.81. The van der Waals surface area contributed by atoms with E-state index >= 15 is 0 Å². The van der Waals surface area contributed by atoms with Crippen molar-refractivity contribution in [2.45, 2.75) is 39.7 Å². The van der Waals surface area contributed by atoms with E-state index in [2.05, 4.69) is 29.4 Å². The molecule has 0 aliphatic heterocycles. The summed E-state index contributed by atoms with van der Waals surface area (Å²) >= 11 is 1.36. The van der Waals surface area contributed by atoms with E-state index < -0.39 is 11.6 Å². The molecule has 0 aliphatic rings. The minimum absolute atomic E-state index is 0.318. The van der Waals surface area contributed by atoms with Gasteiger partial charge in [-0.2, -0.15) is 0 Å². The van der Waals surface area contributed by atoms with Gasteiger partial charge in [0.25, 0.3) is 0 Å². The van der Waals surface area contributed by atoms with Crippen molar-refractivity contribution in [2.75, 3.05) is 6.54 Å².